The second kappa shape index (κ2) is 5.10. The molecule has 0 spiro atoms. The van der Waals surface area contributed by atoms with Gasteiger partial charge in [0, 0.05) is 6.54 Å². The zero-order chi connectivity index (χ0) is 11.5. The van der Waals surface area contributed by atoms with Crippen molar-refractivity contribution in [2.45, 2.75) is 19.3 Å². The van der Waals surface area contributed by atoms with Crippen LogP contribution in [-0.2, 0) is 6.42 Å². The smallest absolute Gasteiger partial charge is 0.160 e. The van der Waals surface area contributed by atoms with E-state index in [1.54, 1.807) is 0 Å². The van der Waals surface area contributed by atoms with E-state index in [1.807, 2.05) is 6.07 Å². The molecule has 4 nitrogen and oxygen atoms in total. The van der Waals surface area contributed by atoms with Crippen molar-refractivity contribution in [3.8, 4) is 0 Å². The predicted molar refractivity (Wildman–Crippen MR) is 68.1 cm³/mol. The molecular formula is C11H17BrN4. The van der Waals surface area contributed by atoms with E-state index in [2.05, 4.69) is 38.1 Å². The largest absolute Gasteiger partial charge is 0.381 e. The number of nitrogen functional groups attached to an aromatic ring is 1. The van der Waals surface area contributed by atoms with E-state index in [4.69, 9.17) is 5.73 Å². The number of likely N-dealkylation sites (tertiary alicyclic amines) is 1. The Bertz CT molecular complexity index is 369. The number of anilines is 1. The van der Waals surface area contributed by atoms with E-state index in [-0.39, 0.29) is 0 Å². The molecule has 0 saturated carbocycles. The van der Waals surface area contributed by atoms with Gasteiger partial charge in [0.1, 0.15) is 0 Å². The first kappa shape index (κ1) is 11.8. The average molecular weight is 285 g/mol. The van der Waals surface area contributed by atoms with Gasteiger partial charge in [-0.25, -0.2) is 0 Å². The van der Waals surface area contributed by atoms with E-state index in [0.717, 1.165) is 23.1 Å². The van der Waals surface area contributed by atoms with Crippen molar-refractivity contribution >= 4 is 21.7 Å². The van der Waals surface area contributed by atoms with Crippen LogP contribution in [-0.4, -0.2) is 35.2 Å². The van der Waals surface area contributed by atoms with E-state index >= 15 is 0 Å². The SMILES string of the molecule is CN1CCCC(Cc2cc(Br)c(N)nn2)C1. The molecule has 16 heavy (non-hydrogen) atoms. The van der Waals surface area contributed by atoms with Gasteiger partial charge < -0.3 is 10.6 Å². The Morgan fingerprint density at radius 3 is 3.06 bits per heavy atom. The highest BCUT2D eigenvalue weighted by Crippen LogP contribution is 2.21. The fraction of sp³-hybridized carbons (Fsp3) is 0.636. The maximum Gasteiger partial charge on any atom is 0.160 e. The summed E-state index contributed by atoms with van der Waals surface area (Å²) < 4.78 is 0.849. The van der Waals surface area contributed by atoms with Gasteiger partial charge in [-0.1, -0.05) is 0 Å². The summed E-state index contributed by atoms with van der Waals surface area (Å²) in [5, 5.41) is 8.07. The van der Waals surface area contributed by atoms with Crippen LogP contribution in [0.5, 0.6) is 0 Å². The second-order valence-corrected chi connectivity index (χ2v) is 5.40. The van der Waals surface area contributed by atoms with Crippen molar-refractivity contribution in [2.75, 3.05) is 25.9 Å². The molecule has 0 amide bonds. The minimum Gasteiger partial charge on any atom is -0.381 e. The molecule has 0 bridgehead atoms. The Morgan fingerprint density at radius 1 is 1.56 bits per heavy atom. The lowest BCUT2D eigenvalue weighted by molar-refractivity contribution is 0.208. The summed E-state index contributed by atoms with van der Waals surface area (Å²) in [4.78, 5) is 2.38. The standard InChI is InChI=1S/C11H17BrN4/c1-16-4-2-3-8(7-16)5-9-6-10(12)11(13)15-14-9/h6,8H,2-5,7H2,1H3,(H2,13,15). The topological polar surface area (TPSA) is 55.0 Å². The predicted octanol–water partition coefficient (Wildman–Crippen LogP) is 1.71. The molecule has 2 N–H and O–H groups in total. The van der Waals surface area contributed by atoms with Crippen LogP contribution in [0.3, 0.4) is 0 Å². The molecule has 88 valence electrons. The summed E-state index contributed by atoms with van der Waals surface area (Å²) in [6, 6.07) is 1.98. The van der Waals surface area contributed by atoms with E-state index in [9.17, 15) is 0 Å². The number of halogens is 1. The Labute approximate surface area is 104 Å². The van der Waals surface area contributed by atoms with E-state index < -0.39 is 0 Å². The fourth-order valence-corrected chi connectivity index (χ4v) is 2.59. The van der Waals surface area contributed by atoms with Crippen molar-refractivity contribution < 1.29 is 0 Å². The highest BCUT2D eigenvalue weighted by atomic mass is 79.9. The van der Waals surface area contributed by atoms with Gasteiger partial charge >= 0.3 is 0 Å². The van der Waals surface area contributed by atoms with Crippen LogP contribution >= 0.6 is 15.9 Å². The molecule has 1 unspecified atom stereocenters. The summed E-state index contributed by atoms with van der Waals surface area (Å²) in [5.41, 5.74) is 6.64. The third-order valence-corrected chi connectivity index (χ3v) is 3.68. The van der Waals surface area contributed by atoms with Crippen LogP contribution in [0.25, 0.3) is 0 Å². The van der Waals surface area contributed by atoms with Crippen molar-refractivity contribution in [3.63, 3.8) is 0 Å². The van der Waals surface area contributed by atoms with Crippen LogP contribution in [0.1, 0.15) is 18.5 Å². The summed E-state index contributed by atoms with van der Waals surface area (Å²) in [7, 11) is 2.18. The number of hydrogen-bond donors (Lipinski definition) is 1. The number of nitrogens with zero attached hydrogens (tertiary/aromatic N) is 3. The summed E-state index contributed by atoms with van der Waals surface area (Å²) in [6.07, 6.45) is 3.56. The maximum absolute atomic E-state index is 5.62. The molecule has 0 aliphatic carbocycles. The molecule has 1 aliphatic rings. The van der Waals surface area contributed by atoms with Crippen molar-refractivity contribution in [3.05, 3.63) is 16.2 Å². The number of hydrogen-bond acceptors (Lipinski definition) is 4. The molecular weight excluding hydrogens is 268 g/mol. The normalized spacial score (nSPS) is 22.2. The molecule has 2 heterocycles. The number of nitrogens with two attached hydrogens (primary N) is 1. The molecule has 0 aromatic carbocycles. The van der Waals surface area contributed by atoms with Crippen molar-refractivity contribution in [1.82, 2.24) is 15.1 Å². The van der Waals surface area contributed by atoms with E-state index in [0.29, 0.717) is 11.7 Å². The molecule has 2 rings (SSSR count). The first-order chi connectivity index (χ1) is 7.65. The highest BCUT2D eigenvalue weighted by molar-refractivity contribution is 9.10. The Morgan fingerprint density at radius 2 is 2.38 bits per heavy atom. The van der Waals surface area contributed by atoms with Gasteiger partial charge in [-0.2, -0.15) is 5.10 Å². The van der Waals surface area contributed by atoms with Gasteiger partial charge in [0.25, 0.3) is 0 Å². The molecule has 1 aliphatic heterocycles. The lowest BCUT2D eigenvalue weighted by Crippen LogP contribution is -2.33. The Kier molecular flexibility index (Phi) is 3.76. The van der Waals surface area contributed by atoms with Gasteiger partial charge in [0.05, 0.1) is 10.2 Å². The highest BCUT2D eigenvalue weighted by Gasteiger charge is 2.18. The number of piperidine rings is 1. The van der Waals surface area contributed by atoms with Crippen LogP contribution in [0.2, 0.25) is 0 Å². The summed E-state index contributed by atoms with van der Waals surface area (Å²) in [6.45, 7) is 2.37. The van der Waals surface area contributed by atoms with E-state index in [1.165, 1.54) is 19.4 Å². The Balaban J connectivity index is 2.00. The third kappa shape index (κ3) is 2.92. The van der Waals surface area contributed by atoms with Crippen molar-refractivity contribution in [2.24, 2.45) is 5.92 Å². The minimum atomic E-state index is 0.463. The van der Waals surface area contributed by atoms with Gasteiger partial charge in [-0.3, -0.25) is 0 Å². The van der Waals surface area contributed by atoms with Gasteiger partial charge in [-0.15, -0.1) is 5.10 Å². The van der Waals surface area contributed by atoms with Crippen LogP contribution in [0, 0.1) is 5.92 Å². The molecule has 1 aromatic rings. The van der Waals surface area contributed by atoms with Crippen LogP contribution in [0.4, 0.5) is 5.82 Å². The first-order valence-corrected chi connectivity index (χ1v) is 6.40. The molecule has 1 saturated heterocycles. The molecule has 1 aromatic heterocycles. The second-order valence-electron chi connectivity index (χ2n) is 4.54. The Hall–Kier alpha value is -0.680. The molecule has 5 heteroatoms. The lowest BCUT2D eigenvalue weighted by atomic mass is 9.94. The lowest BCUT2D eigenvalue weighted by Gasteiger charge is -2.29. The maximum atomic E-state index is 5.62. The zero-order valence-corrected chi connectivity index (χ0v) is 11.1. The summed E-state index contributed by atoms with van der Waals surface area (Å²) in [5.74, 6) is 1.16. The monoisotopic (exact) mass is 284 g/mol. The summed E-state index contributed by atoms with van der Waals surface area (Å²) >= 11 is 3.38. The van der Waals surface area contributed by atoms with Crippen molar-refractivity contribution in [1.29, 1.82) is 0 Å². The first-order valence-electron chi connectivity index (χ1n) is 5.61. The molecule has 1 atom stereocenters. The van der Waals surface area contributed by atoms with Gasteiger partial charge in [0.2, 0.25) is 0 Å². The van der Waals surface area contributed by atoms with Crippen LogP contribution < -0.4 is 5.73 Å². The number of aromatic nitrogens is 2. The van der Waals surface area contributed by atoms with Crippen LogP contribution in [0.15, 0.2) is 10.5 Å². The third-order valence-electron chi connectivity index (χ3n) is 3.04. The molecule has 1 fully saturated rings. The fourth-order valence-electron chi connectivity index (χ4n) is 2.25. The number of rotatable bonds is 2. The average Bonchev–Trinajstić information content (AvgIpc) is 2.24. The van der Waals surface area contributed by atoms with Gasteiger partial charge in [-0.05, 0) is 60.8 Å². The van der Waals surface area contributed by atoms with Gasteiger partial charge in [0.15, 0.2) is 5.82 Å². The minimum absolute atomic E-state index is 0.463. The zero-order valence-electron chi connectivity index (χ0n) is 9.49. The molecule has 0 radical (unpaired) electrons. The quantitative estimate of drug-likeness (QED) is 0.898.